The van der Waals surface area contributed by atoms with Gasteiger partial charge in [0.2, 0.25) is 5.91 Å². The fourth-order valence-corrected chi connectivity index (χ4v) is 1.78. The molecule has 0 aliphatic carbocycles. The first kappa shape index (κ1) is 14.3. The van der Waals surface area contributed by atoms with Crippen molar-refractivity contribution in [1.29, 1.82) is 0 Å². The molecule has 0 aliphatic heterocycles. The Labute approximate surface area is 108 Å². The molecule has 3 N–H and O–H groups in total. The first-order valence-corrected chi connectivity index (χ1v) is 6.26. The van der Waals surface area contributed by atoms with Crippen LogP contribution >= 0.6 is 0 Å². The van der Waals surface area contributed by atoms with Crippen molar-refractivity contribution in [2.45, 2.75) is 20.8 Å². The van der Waals surface area contributed by atoms with Gasteiger partial charge in [0.25, 0.3) is 0 Å². The Bertz CT molecular complexity index is 392. The van der Waals surface area contributed by atoms with Crippen molar-refractivity contribution in [3.8, 4) is 0 Å². The predicted octanol–water partition coefficient (Wildman–Crippen LogP) is 1.46. The zero-order chi connectivity index (χ0) is 13.5. The Morgan fingerprint density at radius 3 is 2.83 bits per heavy atom. The van der Waals surface area contributed by atoms with Gasteiger partial charge in [-0.3, -0.25) is 4.79 Å². The van der Waals surface area contributed by atoms with Gasteiger partial charge in [-0.2, -0.15) is 0 Å². The number of aromatic nitrogens is 1. The highest BCUT2D eigenvalue weighted by Crippen LogP contribution is 2.18. The summed E-state index contributed by atoms with van der Waals surface area (Å²) in [5.41, 5.74) is 6.26. The molecule has 0 bridgehead atoms. The van der Waals surface area contributed by atoms with Crippen molar-refractivity contribution in [2.24, 2.45) is 11.7 Å². The van der Waals surface area contributed by atoms with Gasteiger partial charge in [-0.05, 0) is 18.9 Å². The number of nitrogens with two attached hydrogens (primary N) is 1. The van der Waals surface area contributed by atoms with Crippen LogP contribution in [-0.4, -0.2) is 30.5 Å². The van der Waals surface area contributed by atoms with Crippen LogP contribution in [0.2, 0.25) is 0 Å². The molecule has 1 aromatic heterocycles. The van der Waals surface area contributed by atoms with E-state index in [0.717, 1.165) is 24.6 Å². The van der Waals surface area contributed by atoms with Gasteiger partial charge in [0.05, 0.1) is 6.54 Å². The monoisotopic (exact) mass is 250 g/mol. The van der Waals surface area contributed by atoms with Crippen molar-refractivity contribution in [3.05, 3.63) is 18.3 Å². The number of carbonyl (C=O) groups is 1. The lowest BCUT2D eigenvalue weighted by Crippen LogP contribution is -2.36. The maximum absolute atomic E-state index is 11.1. The highest BCUT2D eigenvalue weighted by atomic mass is 16.1. The maximum Gasteiger partial charge on any atom is 0.236 e. The summed E-state index contributed by atoms with van der Waals surface area (Å²) in [6.45, 7) is 8.08. The number of amides is 1. The molecule has 1 amide bonds. The zero-order valence-electron chi connectivity index (χ0n) is 11.3. The van der Waals surface area contributed by atoms with E-state index >= 15 is 0 Å². The van der Waals surface area contributed by atoms with Crippen LogP contribution in [0, 0.1) is 5.92 Å². The van der Waals surface area contributed by atoms with Gasteiger partial charge in [-0.25, -0.2) is 4.98 Å². The zero-order valence-corrected chi connectivity index (χ0v) is 11.3. The highest BCUT2D eigenvalue weighted by Gasteiger charge is 2.11. The van der Waals surface area contributed by atoms with Crippen LogP contribution in [0.15, 0.2) is 18.3 Å². The van der Waals surface area contributed by atoms with Crippen LogP contribution in [0.1, 0.15) is 20.8 Å². The summed E-state index contributed by atoms with van der Waals surface area (Å²) in [6, 6.07) is 3.83. The molecule has 18 heavy (non-hydrogen) atoms. The van der Waals surface area contributed by atoms with Crippen LogP contribution in [0.4, 0.5) is 11.5 Å². The topological polar surface area (TPSA) is 71.2 Å². The standard InChI is InChI=1S/C13H22N4O/c1-4-15-13-7-11(5-6-16-13)17(8-10(2)3)9-12(14)18/h5-7,10H,4,8-9H2,1-3H3,(H2,14,18)(H,15,16). The second-order valence-corrected chi connectivity index (χ2v) is 4.67. The van der Waals surface area contributed by atoms with E-state index < -0.39 is 0 Å². The number of pyridine rings is 1. The molecular formula is C13H22N4O. The molecule has 1 aromatic rings. The number of nitrogens with one attached hydrogen (secondary N) is 1. The lowest BCUT2D eigenvalue weighted by molar-refractivity contribution is -0.116. The molecule has 0 spiro atoms. The molecule has 0 radical (unpaired) electrons. The first-order chi connectivity index (χ1) is 8.52. The van der Waals surface area contributed by atoms with Crippen LogP contribution in [0.25, 0.3) is 0 Å². The number of hydrogen-bond acceptors (Lipinski definition) is 4. The van der Waals surface area contributed by atoms with E-state index in [0.29, 0.717) is 5.92 Å². The normalized spacial score (nSPS) is 10.4. The van der Waals surface area contributed by atoms with E-state index in [2.05, 4.69) is 24.1 Å². The summed E-state index contributed by atoms with van der Waals surface area (Å²) >= 11 is 0. The number of rotatable bonds is 7. The first-order valence-electron chi connectivity index (χ1n) is 6.26. The van der Waals surface area contributed by atoms with Crippen LogP contribution in [0.3, 0.4) is 0 Å². The molecule has 0 atom stereocenters. The number of primary amides is 1. The summed E-state index contributed by atoms with van der Waals surface area (Å²) in [4.78, 5) is 17.3. The van der Waals surface area contributed by atoms with Gasteiger partial charge >= 0.3 is 0 Å². The van der Waals surface area contributed by atoms with Crippen LogP contribution in [0.5, 0.6) is 0 Å². The molecular weight excluding hydrogens is 228 g/mol. The predicted molar refractivity (Wildman–Crippen MR) is 74.6 cm³/mol. The molecule has 0 saturated carbocycles. The van der Waals surface area contributed by atoms with Crippen molar-refractivity contribution in [2.75, 3.05) is 29.9 Å². The SMILES string of the molecule is CCNc1cc(N(CC(N)=O)CC(C)C)ccn1. The van der Waals surface area contributed by atoms with Gasteiger partial charge in [0.1, 0.15) is 5.82 Å². The molecule has 0 unspecified atom stereocenters. The average Bonchev–Trinajstić information content (AvgIpc) is 2.28. The third kappa shape index (κ3) is 4.61. The minimum absolute atomic E-state index is 0.230. The molecule has 5 nitrogen and oxygen atoms in total. The summed E-state index contributed by atoms with van der Waals surface area (Å²) in [7, 11) is 0. The second kappa shape index (κ2) is 6.83. The number of nitrogens with zero attached hydrogens (tertiary/aromatic N) is 2. The third-order valence-corrected chi connectivity index (χ3v) is 2.40. The van der Waals surface area contributed by atoms with E-state index in [9.17, 15) is 4.79 Å². The quantitative estimate of drug-likeness (QED) is 0.768. The minimum Gasteiger partial charge on any atom is -0.370 e. The second-order valence-electron chi connectivity index (χ2n) is 4.67. The summed E-state index contributed by atoms with van der Waals surface area (Å²) in [6.07, 6.45) is 1.74. The third-order valence-electron chi connectivity index (χ3n) is 2.40. The number of anilines is 2. The molecule has 0 fully saturated rings. The fraction of sp³-hybridized carbons (Fsp3) is 0.538. The summed E-state index contributed by atoms with van der Waals surface area (Å²) in [5, 5.41) is 3.16. The molecule has 0 saturated heterocycles. The Balaban J connectivity index is 2.88. The van der Waals surface area contributed by atoms with Gasteiger partial charge in [-0.1, -0.05) is 13.8 Å². The van der Waals surface area contributed by atoms with Gasteiger partial charge in [-0.15, -0.1) is 0 Å². The Kier molecular flexibility index (Phi) is 5.42. The van der Waals surface area contributed by atoms with E-state index in [1.807, 2.05) is 24.0 Å². The van der Waals surface area contributed by atoms with Gasteiger partial charge in [0.15, 0.2) is 0 Å². The van der Waals surface area contributed by atoms with Gasteiger partial charge in [0, 0.05) is 31.0 Å². The highest BCUT2D eigenvalue weighted by molar-refractivity contribution is 5.79. The van der Waals surface area contributed by atoms with E-state index in [1.165, 1.54) is 0 Å². The van der Waals surface area contributed by atoms with Crippen molar-refractivity contribution >= 4 is 17.4 Å². The molecule has 1 rings (SSSR count). The Hall–Kier alpha value is -1.78. The Morgan fingerprint density at radius 2 is 2.28 bits per heavy atom. The smallest absolute Gasteiger partial charge is 0.236 e. The molecule has 0 aromatic carbocycles. The molecule has 0 aliphatic rings. The molecule has 1 heterocycles. The largest absolute Gasteiger partial charge is 0.370 e. The van der Waals surface area contributed by atoms with E-state index in [4.69, 9.17) is 5.73 Å². The van der Waals surface area contributed by atoms with E-state index in [1.54, 1.807) is 6.20 Å². The maximum atomic E-state index is 11.1. The van der Waals surface area contributed by atoms with Crippen molar-refractivity contribution in [1.82, 2.24) is 4.98 Å². The molecule has 100 valence electrons. The summed E-state index contributed by atoms with van der Waals surface area (Å²) in [5.74, 6) is 0.950. The van der Waals surface area contributed by atoms with Gasteiger partial charge < -0.3 is 16.0 Å². The van der Waals surface area contributed by atoms with Crippen molar-refractivity contribution in [3.63, 3.8) is 0 Å². The van der Waals surface area contributed by atoms with Crippen molar-refractivity contribution < 1.29 is 4.79 Å². The lowest BCUT2D eigenvalue weighted by atomic mass is 10.2. The summed E-state index contributed by atoms with van der Waals surface area (Å²) < 4.78 is 0. The fourth-order valence-electron chi connectivity index (χ4n) is 1.78. The minimum atomic E-state index is -0.322. The number of carbonyl (C=O) groups excluding carboxylic acids is 1. The van der Waals surface area contributed by atoms with Crippen LogP contribution < -0.4 is 16.0 Å². The lowest BCUT2D eigenvalue weighted by Gasteiger charge is -2.25. The Morgan fingerprint density at radius 1 is 1.56 bits per heavy atom. The average molecular weight is 250 g/mol. The van der Waals surface area contributed by atoms with E-state index in [-0.39, 0.29) is 12.5 Å². The number of hydrogen-bond donors (Lipinski definition) is 2. The van der Waals surface area contributed by atoms with Crippen LogP contribution in [-0.2, 0) is 4.79 Å². The molecule has 5 heteroatoms.